The number of rotatable bonds is 5. The van der Waals surface area contributed by atoms with Gasteiger partial charge in [0.25, 0.3) is 0 Å². The quantitative estimate of drug-likeness (QED) is 0.741. The average molecular weight is 323 g/mol. The summed E-state index contributed by atoms with van der Waals surface area (Å²) in [4.78, 5) is 16.1. The molecule has 5 nitrogen and oxygen atoms in total. The standard InChI is InChI=1S/C19H21N3O2/c1-15(6-5-13-23)21-19(24)22-18-9-4-7-16(14-18)10-11-17-8-2-3-12-20-17/h2-4,7-9,12,14-15,23H,5-6,13H2,1H3,(H2,21,22,24). The van der Waals surface area contributed by atoms with Crippen molar-refractivity contribution in [1.29, 1.82) is 0 Å². The Kier molecular flexibility index (Phi) is 6.81. The van der Waals surface area contributed by atoms with Crippen LogP contribution in [-0.4, -0.2) is 28.8 Å². The van der Waals surface area contributed by atoms with Gasteiger partial charge >= 0.3 is 6.03 Å². The molecular weight excluding hydrogens is 302 g/mol. The van der Waals surface area contributed by atoms with Gasteiger partial charge in [-0.15, -0.1) is 0 Å². The fraction of sp³-hybridized carbons (Fsp3) is 0.263. The molecule has 0 aliphatic heterocycles. The van der Waals surface area contributed by atoms with Crippen LogP contribution in [0.5, 0.6) is 0 Å². The monoisotopic (exact) mass is 323 g/mol. The molecule has 124 valence electrons. The lowest BCUT2D eigenvalue weighted by Crippen LogP contribution is -2.36. The number of aliphatic hydroxyl groups is 1. The van der Waals surface area contributed by atoms with E-state index in [1.807, 2.05) is 49.4 Å². The topological polar surface area (TPSA) is 74.2 Å². The van der Waals surface area contributed by atoms with E-state index in [-0.39, 0.29) is 18.7 Å². The Morgan fingerprint density at radius 3 is 2.88 bits per heavy atom. The van der Waals surface area contributed by atoms with Crippen molar-refractivity contribution in [2.24, 2.45) is 0 Å². The molecule has 1 heterocycles. The van der Waals surface area contributed by atoms with Gasteiger partial charge in [-0.1, -0.05) is 18.1 Å². The molecule has 2 aromatic rings. The molecule has 0 saturated heterocycles. The molecule has 24 heavy (non-hydrogen) atoms. The lowest BCUT2D eigenvalue weighted by molar-refractivity contribution is 0.245. The zero-order valence-corrected chi connectivity index (χ0v) is 13.6. The van der Waals surface area contributed by atoms with Crippen molar-refractivity contribution >= 4 is 11.7 Å². The molecule has 1 unspecified atom stereocenters. The number of benzene rings is 1. The lowest BCUT2D eigenvalue weighted by Gasteiger charge is -2.14. The second-order valence-corrected chi connectivity index (χ2v) is 5.41. The van der Waals surface area contributed by atoms with E-state index < -0.39 is 0 Å². The molecule has 3 N–H and O–H groups in total. The summed E-state index contributed by atoms with van der Waals surface area (Å²) in [5.41, 5.74) is 2.17. The van der Waals surface area contributed by atoms with E-state index in [2.05, 4.69) is 27.5 Å². The Hall–Kier alpha value is -2.84. The summed E-state index contributed by atoms with van der Waals surface area (Å²) in [5, 5.41) is 14.4. The average Bonchev–Trinajstić information content (AvgIpc) is 2.59. The van der Waals surface area contributed by atoms with Gasteiger partial charge in [0.05, 0.1) is 0 Å². The normalized spacial score (nSPS) is 11.1. The number of carbonyl (C=O) groups excluding carboxylic acids is 1. The Morgan fingerprint density at radius 2 is 2.12 bits per heavy atom. The Morgan fingerprint density at radius 1 is 1.25 bits per heavy atom. The van der Waals surface area contributed by atoms with Gasteiger partial charge in [-0.05, 0) is 56.0 Å². The third-order valence-corrected chi connectivity index (χ3v) is 3.29. The van der Waals surface area contributed by atoms with Crippen molar-refractivity contribution in [3.05, 3.63) is 59.9 Å². The number of aliphatic hydroxyl groups excluding tert-OH is 1. The number of anilines is 1. The maximum Gasteiger partial charge on any atom is 0.319 e. The van der Waals surface area contributed by atoms with Gasteiger partial charge in [-0.2, -0.15) is 0 Å². The van der Waals surface area contributed by atoms with Crippen molar-refractivity contribution in [2.75, 3.05) is 11.9 Å². The van der Waals surface area contributed by atoms with E-state index in [0.717, 1.165) is 12.0 Å². The first-order chi connectivity index (χ1) is 11.7. The highest BCUT2D eigenvalue weighted by Crippen LogP contribution is 2.10. The predicted molar refractivity (Wildman–Crippen MR) is 94.6 cm³/mol. The number of pyridine rings is 1. The SMILES string of the molecule is CC(CCCO)NC(=O)Nc1cccc(C#Cc2ccccn2)c1. The molecule has 0 bridgehead atoms. The molecule has 1 aromatic heterocycles. The first-order valence-electron chi connectivity index (χ1n) is 7.89. The smallest absolute Gasteiger partial charge is 0.319 e. The Balaban J connectivity index is 1.95. The van der Waals surface area contributed by atoms with Crippen LogP contribution in [0.3, 0.4) is 0 Å². The van der Waals surface area contributed by atoms with Crippen LogP contribution in [0.1, 0.15) is 31.0 Å². The zero-order chi connectivity index (χ0) is 17.2. The van der Waals surface area contributed by atoms with E-state index in [9.17, 15) is 4.79 Å². The summed E-state index contributed by atoms with van der Waals surface area (Å²) >= 11 is 0. The summed E-state index contributed by atoms with van der Waals surface area (Å²) < 4.78 is 0. The number of carbonyl (C=O) groups is 1. The van der Waals surface area contributed by atoms with Gasteiger partial charge in [0.15, 0.2) is 0 Å². The fourth-order valence-electron chi connectivity index (χ4n) is 2.11. The van der Waals surface area contributed by atoms with Crippen molar-refractivity contribution in [3.8, 4) is 11.8 Å². The van der Waals surface area contributed by atoms with E-state index in [1.54, 1.807) is 6.20 Å². The number of aromatic nitrogens is 1. The molecule has 0 aliphatic carbocycles. The van der Waals surface area contributed by atoms with Gasteiger partial charge < -0.3 is 15.7 Å². The second kappa shape index (κ2) is 9.33. The molecule has 5 heteroatoms. The summed E-state index contributed by atoms with van der Waals surface area (Å²) in [6.07, 6.45) is 3.10. The summed E-state index contributed by atoms with van der Waals surface area (Å²) in [5.74, 6) is 6.02. The summed E-state index contributed by atoms with van der Waals surface area (Å²) in [6.45, 7) is 2.04. The third kappa shape index (κ3) is 6.11. The van der Waals surface area contributed by atoms with Crippen LogP contribution >= 0.6 is 0 Å². The van der Waals surface area contributed by atoms with Crippen molar-refractivity contribution < 1.29 is 9.90 Å². The van der Waals surface area contributed by atoms with Crippen LogP contribution in [-0.2, 0) is 0 Å². The van der Waals surface area contributed by atoms with E-state index in [4.69, 9.17) is 5.11 Å². The van der Waals surface area contributed by atoms with Crippen molar-refractivity contribution in [1.82, 2.24) is 10.3 Å². The van der Waals surface area contributed by atoms with Crippen LogP contribution in [0.2, 0.25) is 0 Å². The number of nitrogens with one attached hydrogen (secondary N) is 2. The van der Waals surface area contributed by atoms with Crippen LogP contribution in [0.15, 0.2) is 48.7 Å². The molecule has 0 fully saturated rings. The summed E-state index contributed by atoms with van der Waals surface area (Å²) in [7, 11) is 0. The first-order valence-corrected chi connectivity index (χ1v) is 7.89. The molecule has 0 saturated carbocycles. The number of nitrogens with zero attached hydrogens (tertiary/aromatic N) is 1. The van der Waals surface area contributed by atoms with Gasteiger partial charge in [0.2, 0.25) is 0 Å². The fourth-order valence-corrected chi connectivity index (χ4v) is 2.11. The predicted octanol–water partition coefficient (Wildman–Crippen LogP) is 2.76. The highest BCUT2D eigenvalue weighted by atomic mass is 16.3. The number of urea groups is 1. The van der Waals surface area contributed by atoms with Crippen LogP contribution < -0.4 is 10.6 Å². The first kappa shape index (κ1) is 17.5. The minimum Gasteiger partial charge on any atom is -0.396 e. The summed E-state index contributed by atoms with van der Waals surface area (Å²) in [6, 6.07) is 12.6. The molecule has 0 spiro atoms. The van der Waals surface area contributed by atoms with Crippen LogP contribution in [0.25, 0.3) is 0 Å². The maximum absolute atomic E-state index is 11.9. The molecule has 2 rings (SSSR count). The van der Waals surface area contributed by atoms with Crippen LogP contribution in [0.4, 0.5) is 10.5 Å². The van der Waals surface area contributed by atoms with E-state index in [0.29, 0.717) is 17.8 Å². The van der Waals surface area contributed by atoms with Gasteiger partial charge in [0.1, 0.15) is 5.69 Å². The third-order valence-electron chi connectivity index (χ3n) is 3.29. The molecule has 1 atom stereocenters. The lowest BCUT2D eigenvalue weighted by atomic mass is 10.2. The molecule has 0 radical (unpaired) electrons. The van der Waals surface area contributed by atoms with E-state index in [1.165, 1.54) is 0 Å². The minimum atomic E-state index is -0.268. The van der Waals surface area contributed by atoms with Crippen LogP contribution in [0, 0.1) is 11.8 Å². The zero-order valence-electron chi connectivity index (χ0n) is 13.6. The molecule has 2 amide bonds. The van der Waals surface area contributed by atoms with Gasteiger partial charge in [-0.3, -0.25) is 0 Å². The highest BCUT2D eigenvalue weighted by molar-refractivity contribution is 5.89. The van der Waals surface area contributed by atoms with E-state index >= 15 is 0 Å². The maximum atomic E-state index is 11.9. The van der Waals surface area contributed by atoms with Crippen molar-refractivity contribution in [3.63, 3.8) is 0 Å². The minimum absolute atomic E-state index is 0.00396. The molecular formula is C19H21N3O2. The molecule has 1 aromatic carbocycles. The Labute approximate surface area is 142 Å². The Bertz CT molecular complexity index is 720. The largest absolute Gasteiger partial charge is 0.396 e. The number of hydrogen-bond donors (Lipinski definition) is 3. The van der Waals surface area contributed by atoms with Crippen molar-refractivity contribution in [2.45, 2.75) is 25.8 Å². The highest BCUT2D eigenvalue weighted by Gasteiger charge is 2.07. The number of amides is 2. The molecule has 0 aliphatic rings. The van der Waals surface area contributed by atoms with Gasteiger partial charge in [0, 0.05) is 30.1 Å². The second-order valence-electron chi connectivity index (χ2n) is 5.41. The van der Waals surface area contributed by atoms with Gasteiger partial charge in [-0.25, -0.2) is 9.78 Å². The number of hydrogen-bond acceptors (Lipinski definition) is 3.